The molecule has 2 aromatic carbocycles. The average molecular weight is 510 g/mol. The molecule has 0 saturated carbocycles. The molecule has 1 saturated heterocycles. The number of hydrogen-bond donors (Lipinski definition) is 0. The highest BCUT2D eigenvalue weighted by Gasteiger charge is 2.42. The van der Waals surface area contributed by atoms with Gasteiger partial charge in [0, 0.05) is 18.1 Å². The summed E-state index contributed by atoms with van der Waals surface area (Å²) in [5.74, 6) is 0.814. The van der Waals surface area contributed by atoms with Crippen LogP contribution in [0.5, 0.6) is 0 Å². The van der Waals surface area contributed by atoms with Crippen LogP contribution < -0.4 is 5.30 Å². The minimum atomic E-state index is -2.79. The quantitative estimate of drug-likeness (QED) is 0.372. The van der Waals surface area contributed by atoms with Gasteiger partial charge in [0.15, 0.2) is 5.82 Å². The van der Waals surface area contributed by atoms with E-state index in [1.807, 2.05) is 49.4 Å². The van der Waals surface area contributed by atoms with Crippen molar-refractivity contribution in [3.63, 3.8) is 0 Å². The maximum atomic E-state index is 10.0. The van der Waals surface area contributed by atoms with Crippen molar-refractivity contribution in [2.24, 2.45) is 4.99 Å². The van der Waals surface area contributed by atoms with Crippen molar-refractivity contribution in [3.05, 3.63) is 76.5 Å². The summed E-state index contributed by atoms with van der Waals surface area (Å²) in [7, 11) is 0. The molecule has 3 aromatic rings. The second kappa shape index (κ2) is 9.46. The van der Waals surface area contributed by atoms with Crippen molar-refractivity contribution >= 4 is 52.9 Å². The molecule has 0 radical (unpaired) electrons. The van der Waals surface area contributed by atoms with Crippen molar-refractivity contribution in [1.82, 2.24) is 14.5 Å². The van der Waals surface area contributed by atoms with Gasteiger partial charge in [-0.05, 0) is 54.6 Å². The zero-order valence-corrected chi connectivity index (χ0v) is 20.9. The molecule has 0 N–H and O–H groups in total. The number of fused-ring (bicyclic) bond motifs is 1. The number of aliphatic imine (C=N–C) groups is 1. The lowest BCUT2D eigenvalue weighted by molar-refractivity contribution is 0.0723. The second-order valence-electron chi connectivity index (χ2n) is 7.82. The summed E-state index contributed by atoms with van der Waals surface area (Å²) in [6, 6.07) is 19.2. The molecule has 1 fully saturated rings. The van der Waals surface area contributed by atoms with E-state index in [4.69, 9.17) is 42.8 Å². The zero-order chi connectivity index (χ0) is 23.7. The van der Waals surface area contributed by atoms with E-state index in [-0.39, 0.29) is 11.5 Å². The van der Waals surface area contributed by atoms with Crippen LogP contribution in [0.2, 0.25) is 5.02 Å². The van der Waals surface area contributed by atoms with Crippen LogP contribution in [0, 0.1) is 18.3 Å². The number of halogens is 1. The van der Waals surface area contributed by atoms with E-state index in [0.29, 0.717) is 37.1 Å². The van der Waals surface area contributed by atoms with E-state index in [2.05, 4.69) is 10.7 Å². The van der Waals surface area contributed by atoms with E-state index >= 15 is 0 Å². The summed E-state index contributed by atoms with van der Waals surface area (Å²) < 4.78 is 16.0. The average Bonchev–Trinajstić information content (AvgIpc) is 3.21. The molecule has 0 bridgehead atoms. The minimum Gasteiger partial charge on any atom is -0.430 e. The number of para-hydroxylation sites is 1. The molecule has 1 aromatic heterocycles. The normalized spacial score (nSPS) is 20.7. The zero-order valence-electron chi connectivity index (χ0n) is 18.4. The molecule has 0 amide bonds. The third kappa shape index (κ3) is 4.22. The first-order valence-electron chi connectivity index (χ1n) is 10.7. The van der Waals surface area contributed by atoms with E-state index < -0.39 is 6.42 Å². The van der Waals surface area contributed by atoms with E-state index in [1.165, 1.54) is 0 Å². The van der Waals surface area contributed by atoms with Crippen LogP contribution in [0.1, 0.15) is 11.3 Å². The summed E-state index contributed by atoms with van der Waals surface area (Å²) in [6.45, 7) is 4.35. The van der Waals surface area contributed by atoms with Gasteiger partial charge in [0.25, 0.3) is 0 Å². The van der Waals surface area contributed by atoms with Gasteiger partial charge in [-0.3, -0.25) is 0 Å². The van der Waals surface area contributed by atoms with Crippen molar-refractivity contribution in [1.29, 1.82) is 5.26 Å². The number of nitrogens with zero attached hydrogens (tertiary/aromatic N) is 5. The van der Waals surface area contributed by atoms with E-state index in [9.17, 15) is 5.26 Å². The van der Waals surface area contributed by atoms with E-state index in [0.717, 1.165) is 22.2 Å². The Morgan fingerprint density at radius 1 is 1.15 bits per heavy atom. The fourth-order valence-corrected chi connectivity index (χ4v) is 7.83. The summed E-state index contributed by atoms with van der Waals surface area (Å²) in [5.41, 5.74) is 2.73. The molecular formula is C24H21ClN5O2PS. The Labute approximate surface area is 208 Å². The number of nitriles is 1. The van der Waals surface area contributed by atoms with E-state index in [1.54, 1.807) is 22.9 Å². The summed E-state index contributed by atoms with van der Waals surface area (Å²) in [4.78, 5) is 4.80. The number of rotatable bonds is 4. The Kier molecular flexibility index (Phi) is 6.39. The minimum absolute atomic E-state index is 0.205. The van der Waals surface area contributed by atoms with Crippen molar-refractivity contribution in [2.45, 2.75) is 6.92 Å². The number of morpholine rings is 1. The molecule has 10 heteroatoms. The number of aryl methyl sites for hydroxylation is 1. The number of hydrogen-bond acceptors (Lipinski definition) is 6. The number of aromatic nitrogens is 2. The molecule has 7 nitrogen and oxygen atoms in total. The topological polar surface area (TPSA) is 75.7 Å². The van der Waals surface area contributed by atoms with Crippen LogP contribution in [0.25, 0.3) is 11.8 Å². The number of ether oxygens (including phenoxy) is 1. The van der Waals surface area contributed by atoms with Gasteiger partial charge in [0.1, 0.15) is 16.9 Å². The molecule has 34 heavy (non-hydrogen) atoms. The molecule has 0 aliphatic carbocycles. The van der Waals surface area contributed by atoms with Gasteiger partial charge in [-0.1, -0.05) is 41.9 Å². The fourth-order valence-electron chi connectivity index (χ4n) is 3.96. The van der Waals surface area contributed by atoms with Crippen molar-refractivity contribution in [3.8, 4) is 11.8 Å². The highest BCUT2D eigenvalue weighted by Crippen LogP contribution is 2.56. The summed E-state index contributed by atoms with van der Waals surface area (Å²) >= 11 is 12.3. The maximum absolute atomic E-state index is 10.0. The molecular weight excluding hydrogens is 489 g/mol. The predicted octanol–water partition coefficient (Wildman–Crippen LogP) is 4.77. The van der Waals surface area contributed by atoms with Gasteiger partial charge in [-0.25, -0.2) is 9.35 Å². The maximum Gasteiger partial charge on any atom is 0.238 e. The largest absolute Gasteiger partial charge is 0.430 e. The van der Waals surface area contributed by atoms with Crippen LogP contribution in [0.3, 0.4) is 0 Å². The van der Waals surface area contributed by atoms with Gasteiger partial charge >= 0.3 is 0 Å². The molecule has 172 valence electrons. The van der Waals surface area contributed by atoms with Crippen LogP contribution >= 0.6 is 18.0 Å². The van der Waals surface area contributed by atoms with Gasteiger partial charge in [-0.2, -0.15) is 15.4 Å². The first-order valence-corrected chi connectivity index (χ1v) is 13.8. The van der Waals surface area contributed by atoms with Gasteiger partial charge in [0.2, 0.25) is 12.3 Å². The Balaban J connectivity index is 1.69. The molecule has 3 heterocycles. The molecule has 1 atom stereocenters. The highest BCUT2D eigenvalue weighted by molar-refractivity contribution is 8.15. The molecule has 2 aliphatic heterocycles. The predicted molar refractivity (Wildman–Crippen MR) is 138 cm³/mol. The lowest BCUT2D eigenvalue weighted by Gasteiger charge is -2.38. The Morgan fingerprint density at radius 2 is 1.85 bits per heavy atom. The first kappa shape index (κ1) is 23.0. The van der Waals surface area contributed by atoms with Crippen LogP contribution in [0.15, 0.2) is 65.2 Å². The smallest absolute Gasteiger partial charge is 0.238 e. The lowest BCUT2D eigenvalue weighted by atomic mass is 10.1. The molecule has 1 unspecified atom stereocenters. The summed E-state index contributed by atoms with van der Waals surface area (Å²) in [6.07, 6.45) is -1.06. The highest BCUT2D eigenvalue weighted by atomic mass is 35.5. The lowest BCUT2D eigenvalue weighted by Crippen LogP contribution is -2.39. The van der Waals surface area contributed by atoms with Crippen LogP contribution in [0.4, 0.5) is 5.82 Å². The monoisotopic (exact) mass is 509 g/mol. The first-order chi connectivity index (χ1) is 16.5. The second-order valence-corrected chi connectivity index (χ2v) is 12.0. The third-order valence-electron chi connectivity index (χ3n) is 5.60. The van der Waals surface area contributed by atoms with Gasteiger partial charge in [0.05, 0.1) is 24.6 Å². The van der Waals surface area contributed by atoms with Crippen molar-refractivity contribution in [2.75, 3.05) is 26.3 Å². The SMILES string of the molecule is Cc1nn(-c2ccccc2)c2c1P(=S)(N1CCOCC1)OC(/C(C#N)=C\c1ccc(Cl)cc1)=N2. The van der Waals surface area contributed by atoms with Gasteiger partial charge < -0.3 is 9.26 Å². The molecule has 0 spiro atoms. The van der Waals surface area contributed by atoms with Crippen LogP contribution in [-0.2, 0) is 21.1 Å². The Morgan fingerprint density at radius 3 is 2.53 bits per heavy atom. The van der Waals surface area contributed by atoms with Crippen LogP contribution in [-0.4, -0.2) is 46.7 Å². The third-order valence-corrected chi connectivity index (χ3v) is 9.97. The Hall–Kier alpha value is -2.79. The molecule has 2 aliphatic rings. The number of benzene rings is 2. The Bertz CT molecular complexity index is 1370. The standard InChI is InChI=1S/C24H21ClN5O2PS/c1-17-22-23(30(28-17)21-5-3-2-4-6-21)27-24(32-33(22,34)29-11-13-31-14-12-29)19(16-26)15-18-7-9-20(25)10-8-18/h2-10,15H,11-14H2,1H3/b19-15-. The summed E-state index contributed by atoms with van der Waals surface area (Å²) in [5, 5.41) is 16.3. The van der Waals surface area contributed by atoms with Crippen molar-refractivity contribution < 1.29 is 9.26 Å². The fraction of sp³-hybridized carbons (Fsp3) is 0.208. The van der Waals surface area contributed by atoms with Gasteiger partial charge in [-0.15, -0.1) is 0 Å². The molecule has 5 rings (SSSR count).